The first-order valence-corrected chi connectivity index (χ1v) is 9.40. The Morgan fingerprint density at radius 3 is 2.85 bits per heavy atom. The van der Waals surface area contributed by atoms with E-state index < -0.39 is 0 Å². The second-order valence-corrected chi connectivity index (χ2v) is 7.18. The molecule has 0 saturated carbocycles. The highest BCUT2D eigenvalue weighted by molar-refractivity contribution is 6.07. The number of benzene rings is 1. The molecule has 4 rings (SSSR count). The van der Waals surface area contributed by atoms with Gasteiger partial charge >= 0.3 is 0 Å². The highest BCUT2D eigenvalue weighted by Gasteiger charge is 2.40. The Labute approximate surface area is 159 Å². The Morgan fingerprint density at radius 2 is 2.15 bits per heavy atom. The van der Waals surface area contributed by atoms with E-state index in [0.717, 1.165) is 42.1 Å². The number of anilines is 2. The van der Waals surface area contributed by atoms with Crippen LogP contribution in [0, 0.1) is 6.57 Å². The molecule has 1 amide bonds. The minimum absolute atomic E-state index is 0.0655. The number of para-hydroxylation sites is 1. The fraction of sp³-hybridized carbons (Fsp3) is 0.381. The van der Waals surface area contributed by atoms with Gasteiger partial charge in [-0.1, -0.05) is 31.2 Å². The molecule has 0 bridgehead atoms. The van der Waals surface area contributed by atoms with Crippen molar-refractivity contribution in [3.05, 3.63) is 59.2 Å². The van der Waals surface area contributed by atoms with Gasteiger partial charge in [0.05, 0.1) is 29.6 Å². The van der Waals surface area contributed by atoms with Crippen LogP contribution in [0.15, 0.2) is 36.5 Å². The maximum Gasteiger partial charge on any atom is 0.236 e. The molecule has 0 spiro atoms. The molecule has 2 aliphatic heterocycles. The summed E-state index contributed by atoms with van der Waals surface area (Å²) >= 11 is 0. The Hall–Kier alpha value is -2.91. The minimum atomic E-state index is -0.226. The van der Waals surface area contributed by atoms with Crippen molar-refractivity contribution >= 4 is 23.0 Å². The topological polar surface area (TPSA) is 66.8 Å². The zero-order valence-corrected chi connectivity index (χ0v) is 15.4. The zero-order valence-electron chi connectivity index (χ0n) is 15.4. The van der Waals surface area contributed by atoms with Crippen LogP contribution >= 0.6 is 0 Å². The van der Waals surface area contributed by atoms with Crippen LogP contribution in [0.1, 0.15) is 36.9 Å². The normalized spacial score (nSPS) is 21.4. The van der Waals surface area contributed by atoms with Gasteiger partial charge in [-0.2, -0.15) is 0 Å². The van der Waals surface area contributed by atoms with Gasteiger partial charge in [0.15, 0.2) is 5.69 Å². The summed E-state index contributed by atoms with van der Waals surface area (Å²) < 4.78 is 0. The lowest BCUT2D eigenvalue weighted by Gasteiger charge is -2.26. The summed E-state index contributed by atoms with van der Waals surface area (Å²) in [5, 5.41) is 0. The average molecular weight is 361 g/mol. The molecule has 6 heteroatoms. The van der Waals surface area contributed by atoms with Crippen molar-refractivity contribution in [1.82, 2.24) is 4.98 Å². The van der Waals surface area contributed by atoms with Crippen molar-refractivity contribution in [2.75, 3.05) is 22.9 Å². The maximum absolute atomic E-state index is 13.2. The van der Waals surface area contributed by atoms with E-state index in [4.69, 9.17) is 12.3 Å². The summed E-state index contributed by atoms with van der Waals surface area (Å²) in [5.74, 6) is -0.160. The van der Waals surface area contributed by atoms with Gasteiger partial charge in [-0.3, -0.25) is 9.78 Å². The van der Waals surface area contributed by atoms with Gasteiger partial charge < -0.3 is 15.5 Å². The molecule has 1 fully saturated rings. The smallest absolute Gasteiger partial charge is 0.236 e. The van der Waals surface area contributed by atoms with Crippen LogP contribution in [0.2, 0.25) is 0 Å². The Bertz CT molecular complexity index is 919. The van der Waals surface area contributed by atoms with Gasteiger partial charge in [0.1, 0.15) is 0 Å². The molecule has 1 saturated heterocycles. The number of rotatable bonds is 4. The van der Waals surface area contributed by atoms with Crippen LogP contribution in [0.5, 0.6) is 0 Å². The van der Waals surface area contributed by atoms with E-state index in [1.165, 1.54) is 0 Å². The lowest BCUT2D eigenvalue weighted by atomic mass is 10.0. The zero-order chi connectivity index (χ0) is 19.0. The monoisotopic (exact) mass is 361 g/mol. The van der Waals surface area contributed by atoms with Crippen molar-refractivity contribution in [2.24, 2.45) is 5.73 Å². The lowest BCUT2D eigenvalue weighted by molar-refractivity contribution is -0.119. The standard InChI is InChI=1S/C21H23N5O/c1-3-16-19-20(18(8-10-24-19)25-11-9-15(22)13-25)26(21(16)27)12-14-6-4-5-7-17(14)23-2/h4-8,10,15-16H,3,9,11-13,22H2,1H3. The van der Waals surface area contributed by atoms with E-state index in [9.17, 15) is 4.79 Å². The van der Waals surface area contributed by atoms with Gasteiger partial charge in [0.2, 0.25) is 5.91 Å². The number of hydrogen-bond donors (Lipinski definition) is 1. The summed E-state index contributed by atoms with van der Waals surface area (Å²) in [6.45, 7) is 11.5. The fourth-order valence-corrected chi connectivity index (χ4v) is 4.12. The molecule has 2 atom stereocenters. The average Bonchev–Trinajstić information content (AvgIpc) is 3.23. The van der Waals surface area contributed by atoms with Crippen molar-refractivity contribution in [3.63, 3.8) is 0 Å². The molecule has 1 aromatic heterocycles. The van der Waals surface area contributed by atoms with E-state index in [-0.39, 0.29) is 17.9 Å². The SMILES string of the molecule is [C-]#[N+]c1ccccc1CN1C(=O)C(CC)c2nccc(N3CCC(N)C3)c21. The molecule has 0 radical (unpaired) electrons. The number of carbonyl (C=O) groups excluding carboxylic acids is 1. The molecule has 138 valence electrons. The van der Waals surface area contributed by atoms with Crippen molar-refractivity contribution in [3.8, 4) is 0 Å². The third kappa shape index (κ3) is 2.94. The van der Waals surface area contributed by atoms with Gasteiger partial charge in [-0.15, -0.1) is 0 Å². The van der Waals surface area contributed by atoms with Gasteiger partial charge in [0, 0.05) is 31.9 Å². The summed E-state index contributed by atoms with van der Waals surface area (Å²) in [5.41, 5.74) is 10.3. The maximum atomic E-state index is 13.2. The molecular weight excluding hydrogens is 338 g/mol. The third-order valence-corrected chi connectivity index (χ3v) is 5.51. The number of fused-ring (bicyclic) bond motifs is 1. The molecule has 27 heavy (non-hydrogen) atoms. The number of nitrogens with two attached hydrogens (primary N) is 1. The predicted octanol–water partition coefficient (Wildman–Crippen LogP) is 3.21. The van der Waals surface area contributed by atoms with E-state index in [2.05, 4.69) is 14.7 Å². The number of aromatic nitrogens is 1. The number of carbonyl (C=O) groups is 1. The Balaban J connectivity index is 1.78. The minimum Gasteiger partial charge on any atom is -0.368 e. The number of nitrogens with zero attached hydrogens (tertiary/aromatic N) is 4. The molecule has 2 unspecified atom stereocenters. The van der Waals surface area contributed by atoms with Crippen LogP contribution in [0.3, 0.4) is 0 Å². The molecule has 2 aromatic rings. The summed E-state index contributed by atoms with van der Waals surface area (Å²) in [7, 11) is 0. The summed E-state index contributed by atoms with van der Waals surface area (Å²) in [6.07, 6.45) is 3.45. The second kappa shape index (κ2) is 7.01. The Morgan fingerprint density at radius 1 is 1.33 bits per heavy atom. The van der Waals surface area contributed by atoms with Crippen molar-refractivity contribution < 1.29 is 4.79 Å². The third-order valence-electron chi connectivity index (χ3n) is 5.51. The lowest BCUT2D eigenvalue weighted by Crippen LogP contribution is -2.31. The van der Waals surface area contributed by atoms with Crippen LogP contribution < -0.4 is 15.5 Å². The van der Waals surface area contributed by atoms with Crippen molar-refractivity contribution in [1.29, 1.82) is 0 Å². The van der Waals surface area contributed by atoms with Gasteiger partial charge in [-0.25, -0.2) is 4.85 Å². The first kappa shape index (κ1) is 17.5. The number of hydrogen-bond acceptors (Lipinski definition) is 4. The molecular formula is C21H23N5O. The highest BCUT2D eigenvalue weighted by Crippen LogP contribution is 2.45. The molecule has 6 nitrogen and oxygen atoms in total. The molecule has 3 heterocycles. The molecule has 0 aliphatic carbocycles. The molecule has 1 aromatic carbocycles. The van der Waals surface area contributed by atoms with E-state index in [0.29, 0.717) is 18.7 Å². The largest absolute Gasteiger partial charge is 0.368 e. The van der Waals surface area contributed by atoms with E-state index >= 15 is 0 Å². The number of pyridine rings is 1. The summed E-state index contributed by atoms with van der Waals surface area (Å²) in [6, 6.07) is 9.61. The fourth-order valence-electron chi connectivity index (χ4n) is 4.12. The van der Waals surface area contributed by atoms with Crippen LogP contribution in [0.4, 0.5) is 17.1 Å². The van der Waals surface area contributed by atoms with Crippen LogP contribution in [0.25, 0.3) is 4.85 Å². The molecule has 2 N–H and O–H groups in total. The van der Waals surface area contributed by atoms with Crippen LogP contribution in [-0.4, -0.2) is 30.0 Å². The Kier molecular flexibility index (Phi) is 4.54. The van der Waals surface area contributed by atoms with E-state index in [1.54, 1.807) is 12.3 Å². The van der Waals surface area contributed by atoms with Crippen molar-refractivity contribution in [2.45, 2.75) is 38.3 Å². The summed E-state index contributed by atoms with van der Waals surface area (Å²) in [4.78, 5) is 25.4. The molecule has 2 aliphatic rings. The first-order chi connectivity index (χ1) is 13.1. The number of amides is 1. The van der Waals surface area contributed by atoms with Gasteiger partial charge in [0.25, 0.3) is 0 Å². The quantitative estimate of drug-likeness (QED) is 0.849. The van der Waals surface area contributed by atoms with Crippen LogP contribution in [-0.2, 0) is 11.3 Å². The predicted molar refractivity (Wildman–Crippen MR) is 106 cm³/mol. The van der Waals surface area contributed by atoms with Gasteiger partial charge in [-0.05, 0) is 24.5 Å². The second-order valence-electron chi connectivity index (χ2n) is 7.18. The van der Waals surface area contributed by atoms with E-state index in [1.807, 2.05) is 36.1 Å². The highest BCUT2D eigenvalue weighted by atomic mass is 16.2. The first-order valence-electron chi connectivity index (χ1n) is 9.40.